The Morgan fingerprint density at radius 2 is 1.54 bits per heavy atom. The zero-order chi connectivity index (χ0) is 9.47. The van der Waals surface area contributed by atoms with Gasteiger partial charge in [0.15, 0.2) is 0 Å². The Morgan fingerprint density at radius 3 is 2.00 bits per heavy atom. The van der Waals surface area contributed by atoms with Crippen LogP contribution in [0.3, 0.4) is 0 Å². The normalized spacial score (nSPS) is 38.5. The summed E-state index contributed by atoms with van der Waals surface area (Å²) in [7, 11) is 4.63. The third-order valence-corrected chi connectivity index (χ3v) is 4.13. The average Bonchev–Trinajstić information content (AvgIpc) is 2.18. The first-order chi connectivity index (χ1) is 6.10. The minimum Gasteiger partial charge on any atom is -0.323 e. The largest absolute Gasteiger partial charge is 0.323 e. The van der Waals surface area contributed by atoms with Crippen molar-refractivity contribution in [2.45, 2.75) is 50.6 Å². The van der Waals surface area contributed by atoms with E-state index in [0.29, 0.717) is 17.9 Å². The number of fused-ring (bicyclic) bond motifs is 2. The maximum Gasteiger partial charge on any atom is 0.144 e. The third-order valence-electron chi connectivity index (χ3n) is 4.13. The van der Waals surface area contributed by atoms with Gasteiger partial charge in [-0.3, -0.25) is 4.79 Å². The highest BCUT2D eigenvalue weighted by molar-refractivity contribution is 5.80. The first-order valence-corrected chi connectivity index (χ1v) is 5.46. The predicted octanol–water partition coefficient (Wildman–Crippen LogP) is 1.74. The van der Waals surface area contributed by atoms with Gasteiger partial charge in [0, 0.05) is 0 Å². The van der Waals surface area contributed by atoms with E-state index in [1.54, 1.807) is 0 Å². The number of ketones is 1. The van der Waals surface area contributed by atoms with Crippen molar-refractivity contribution in [2.24, 2.45) is 0 Å². The van der Waals surface area contributed by atoms with Crippen LogP contribution in [0.25, 0.3) is 0 Å². The van der Waals surface area contributed by atoms with Gasteiger partial charge in [-0.15, -0.1) is 0 Å². The molecule has 2 nitrogen and oxygen atoms in total. The molecule has 0 unspecified atom stereocenters. The number of rotatable bonds is 0. The Bertz CT molecular complexity index is 202. The Hall–Kier alpha value is -0.370. The third kappa shape index (κ3) is 1.52. The zero-order valence-electron chi connectivity index (χ0n) is 8.75. The fraction of sp³-hybridized carbons (Fsp3) is 0.909. The summed E-state index contributed by atoms with van der Waals surface area (Å²) < 4.78 is 1.10. The van der Waals surface area contributed by atoms with Crippen LogP contribution in [0.15, 0.2) is 0 Å². The lowest BCUT2D eigenvalue weighted by atomic mass is 9.91. The standard InChI is InChI=1S/C11H20NO/c1-12(2)9-5-3-4-6-10(12)8-11(13)7-9/h9-10H,3-8H2,1-2H3/q+1/t9-,10-/m0/s1. The second-order valence-electron chi connectivity index (χ2n) is 5.17. The second-order valence-corrected chi connectivity index (χ2v) is 5.17. The maximum atomic E-state index is 11.5. The summed E-state index contributed by atoms with van der Waals surface area (Å²) in [5.74, 6) is 0.509. The molecule has 0 N–H and O–H groups in total. The highest BCUT2D eigenvalue weighted by Crippen LogP contribution is 2.34. The van der Waals surface area contributed by atoms with Gasteiger partial charge in [-0.25, -0.2) is 0 Å². The van der Waals surface area contributed by atoms with Crippen molar-refractivity contribution in [1.29, 1.82) is 0 Å². The molecule has 0 saturated carbocycles. The molecule has 0 radical (unpaired) electrons. The molecular weight excluding hydrogens is 162 g/mol. The van der Waals surface area contributed by atoms with Gasteiger partial charge in [-0.2, -0.15) is 0 Å². The molecule has 2 fully saturated rings. The molecule has 0 aromatic carbocycles. The smallest absolute Gasteiger partial charge is 0.144 e. The molecule has 0 aromatic rings. The van der Waals surface area contributed by atoms with Crippen LogP contribution in [-0.4, -0.2) is 36.4 Å². The van der Waals surface area contributed by atoms with Crippen LogP contribution in [-0.2, 0) is 4.79 Å². The van der Waals surface area contributed by atoms with Gasteiger partial charge < -0.3 is 4.48 Å². The lowest BCUT2D eigenvalue weighted by molar-refractivity contribution is -0.939. The number of quaternary nitrogens is 1. The predicted molar refractivity (Wildman–Crippen MR) is 52.4 cm³/mol. The topological polar surface area (TPSA) is 17.1 Å². The molecule has 2 aliphatic heterocycles. The number of piperidine rings is 1. The summed E-state index contributed by atoms with van der Waals surface area (Å²) in [5, 5.41) is 0. The number of carbonyl (C=O) groups is 1. The number of nitrogens with zero attached hydrogens (tertiary/aromatic N) is 1. The Kier molecular flexibility index (Phi) is 2.18. The van der Waals surface area contributed by atoms with Crippen LogP contribution in [0.4, 0.5) is 0 Å². The molecule has 0 spiro atoms. The van der Waals surface area contributed by atoms with E-state index < -0.39 is 0 Å². The van der Waals surface area contributed by atoms with E-state index in [1.165, 1.54) is 25.7 Å². The van der Waals surface area contributed by atoms with Crippen LogP contribution in [0.2, 0.25) is 0 Å². The Labute approximate surface area is 80.5 Å². The number of carbonyl (C=O) groups excluding carboxylic acids is 1. The van der Waals surface area contributed by atoms with Crippen LogP contribution < -0.4 is 0 Å². The van der Waals surface area contributed by atoms with Crippen molar-refractivity contribution in [3.05, 3.63) is 0 Å². The highest BCUT2D eigenvalue weighted by Gasteiger charge is 2.43. The fourth-order valence-corrected chi connectivity index (χ4v) is 3.01. The maximum absolute atomic E-state index is 11.5. The van der Waals surface area contributed by atoms with Crippen LogP contribution in [0.5, 0.6) is 0 Å². The molecule has 0 amide bonds. The summed E-state index contributed by atoms with van der Waals surface area (Å²) in [6, 6.07) is 1.24. The molecule has 2 bridgehead atoms. The molecule has 2 saturated heterocycles. The van der Waals surface area contributed by atoms with Crippen molar-refractivity contribution < 1.29 is 9.28 Å². The molecule has 0 aliphatic carbocycles. The van der Waals surface area contributed by atoms with Crippen molar-refractivity contribution in [3.63, 3.8) is 0 Å². The Morgan fingerprint density at radius 1 is 1.08 bits per heavy atom. The molecular formula is C11H20NO+. The van der Waals surface area contributed by atoms with Gasteiger partial charge in [0.05, 0.1) is 39.0 Å². The van der Waals surface area contributed by atoms with E-state index in [9.17, 15) is 4.79 Å². The number of hydrogen-bond donors (Lipinski definition) is 0. The van der Waals surface area contributed by atoms with Crippen molar-refractivity contribution in [2.75, 3.05) is 14.1 Å². The number of Topliss-reactive ketones (excluding diaryl/α,β-unsaturated/α-hetero) is 1. The molecule has 2 atom stereocenters. The summed E-state index contributed by atoms with van der Waals surface area (Å²) in [6.45, 7) is 0. The lowest BCUT2D eigenvalue weighted by Gasteiger charge is -2.45. The first kappa shape index (κ1) is 9.20. The summed E-state index contributed by atoms with van der Waals surface area (Å²) >= 11 is 0. The minimum atomic E-state index is 0.509. The van der Waals surface area contributed by atoms with Crippen molar-refractivity contribution in [3.8, 4) is 0 Å². The summed E-state index contributed by atoms with van der Waals surface area (Å²) in [5.41, 5.74) is 0. The number of hydrogen-bond acceptors (Lipinski definition) is 1. The Balaban J connectivity index is 2.24. The van der Waals surface area contributed by atoms with Crippen molar-refractivity contribution >= 4 is 5.78 Å². The van der Waals surface area contributed by atoms with E-state index in [4.69, 9.17) is 0 Å². The van der Waals surface area contributed by atoms with E-state index in [-0.39, 0.29) is 0 Å². The van der Waals surface area contributed by atoms with Crippen LogP contribution in [0.1, 0.15) is 38.5 Å². The van der Waals surface area contributed by atoms with Gasteiger partial charge in [-0.1, -0.05) is 0 Å². The van der Waals surface area contributed by atoms with Gasteiger partial charge in [0.1, 0.15) is 5.78 Å². The fourth-order valence-electron chi connectivity index (χ4n) is 3.01. The van der Waals surface area contributed by atoms with Gasteiger partial charge in [0.25, 0.3) is 0 Å². The second kappa shape index (κ2) is 3.09. The van der Waals surface area contributed by atoms with E-state index in [2.05, 4.69) is 14.1 Å². The molecule has 13 heavy (non-hydrogen) atoms. The van der Waals surface area contributed by atoms with Gasteiger partial charge >= 0.3 is 0 Å². The van der Waals surface area contributed by atoms with E-state index >= 15 is 0 Å². The lowest BCUT2D eigenvalue weighted by Crippen LogP contribution is -2.59. The summed E-state index contributed by atoms with van der Waals surface area (Å²) in [4.78, 5) is 11.5. The molecule has 2 heterocycles. The molecule has 2 heteroatoms. The molecule has 74 valence electrons. The minimum absolute atomic E-state index is 0.509. The zero-order valence-corrected chi connectivity index (χ0v) is 8.75. The van der Waals surface area contributed by atoms with E-state index in [0.717, 1.165) is 17.3 Å². The van der Waals surface area contributed by atoms with Gasteiger partial charge in [0.2, 0.25) is 0 Å². The first-order valence-electron chi connectivity index (χ1n) is 5.46. The van der Waals surface area contributed by atoms with Gasteiger partial charge in [-0.05, 0) is 25.7 Å². The SMILES string of the molecule is C[N+]1(C)[C@H]2CCCC[C@H]1CC(=O)C2. The quantitative estimate of drug-likeness (QED) is 0.521. The van der Waals surface area contributed by atoms with Crippen LogP contribution in [0, 0.1) is 0 Å². The molecule has 2 aliphatic rings. The summed E-state index contributed by atoms with van der Waals surface area (Å²) in [6.07, 6.45) is 6.85. The molecule has 0 aromatic heterocycles. The monoisotopic (exact) mass is 182 g/mol. The molecule has 2 rings (SSSR count). The average molecular weight is 182 g/mol. The van der Waals surface area contributed by atoms with Crippen LogP contribution >= 0.6 is 0 Å². The van der Waals surface area contributed by atoms with Crippen molar-refractivity contribution in [1.82, 2.24) is 0 Å². The van der Waals surface area contributed by atoms with E-state index in [1.807, 2.05) is 0 Å². The highest BCUT2D eigenvalue weighted by atomic mass is 16.1.